The third-order valence-electron chi connectivity index (χ3n) is 5.05. The third kappa shape index (κ3) is 6.12. The average Bonchev–Trinajstić information content (AvgIpc) is 3.17. The van der Waals surface area contributed by atoms with Crippen LogP contribution in [-0.4, -0.2) is 62.2 Å². The highest BCUT2D eigenvalue weighted by Crippen LogP contribution is 2.32. The number of rotatable bonds is 7. The van der Waals surface area contributed by atoms with Crippen molar-refractivity contribution in [3.8, 4) is 11.5 Å². The molecule has 30 heavy (non-hydrogen) atoms. The molecule has 1 N–H and O–H groups in total. The number of nitrogens with zero attached hydrogens (tertiary/aromatic N) is 2. The molecular weight excluding hydrogens is 434 g/mol. The summed E-state index contributed by atoms with van der Waals surface area (Å²) in [5, 5.41) is 10.3. The topological polar surface area (TPSA) is 54.4 Å². The van der Waals surface area contributed by atoms with Crippen molar-refractivity contribution in [1.82, 2.24) is 4.90 Å². The van der Waals surface area contributed by atoms with Gasteiger partial charge in [-0.25, -0.2) is 4.39 Å². The molecule has 0 aliphatic carbocycles. The third-order valence-corrected chi connectivity index (χ3v) is 5.05. The van der Waals surface area contributed by atoms with Gasteiger partial charge < -0.3 is 24.2 Å². The molecule has 6 nitrogen and oxygen atoms in total. The van der Waals surface area contributed by atoms with E-state index in [1.807, 2.05) is 35.2 Å². The summed E-state index contributed by atoms with van der Waals surface area (Å²) >= 11 is 0. The number of fused-ring (bicyclic) bond motifs is 1. The first-order valence-electron chi connectivity index (χ1n) is 9.55. The van der Waals surface area contributed by atoms with Crippen LogP contribution < -0.4 is 14.4 Å². The average molecular weight is 461 g/mol. The normalized spacial score (nSPS) is 16.5. The van der Waals surface area contributed by atoms with Gasteiger partial charge in [0.15, 0.2) is 11.5 Å². The minimum atomic E-state index is -0.561. The number of aliphatic hydroxyl groups excluding tert-OH is 1. The summed E-state index contributed by atoms with van der Waals surface area (Å²) in [5.41, 5.74) is 1.63. The van der Waals surface area contributed by atoms with Crippen LogP contribution in [0.15, 0.2) is 42.5 Å². The van der Waals surface area contributed by atoms with E-state index >= 15 is 0 Å². The minimum Gasteiger partial charge on any atom is -0.454 e. The number of aliphatic hydroxyl groups is 1. The second-order valence-corrected chi connectivity index (χ2v) is 7.10. The van der Waals surface area contributed by atoms with Crippen molar-refractivity contribution >= 4 is 30.5 Å². The molecule has 1 unspecified atom stereocenters. The van der Waals surface area contributed by atoms with E-state index in [9.17, 15) is 9.50 Å². The molecule has 0 bridgehead atoms. The van der Waals surface area contributed by atoms with Gasteiger partial charge in [0.05, 0.1) is 25.0 Å². The number of ether oxygens (including phenoxy) is 3. The fourth-order valence-corrected chi connectivity index (χ4v) is 3.57. The van der Waals surface area contributed by atoms with Crippen molar-refractivity contribution in [2.45, 2.75) is 12.7 Å². The number of hydrogen-bond donors (Lipinski definition) is 1. The summed E-state index contributed by atoms with van der Waals surface area (Å²) < 4.78 is 30.2. The van der Waals surface area contributed by atoms with Gasteiger partial charge >= 0.3 is 0 Å². The number of hydrogen-bond acceptors (Lipinski definition) is 6. The van der Waals surface area contributed by atoms with Crippen molar-refractivity contribution in [2.24, 2.45) is 0 Å². The summed E-state index contributed by atoms with van der Waals surface area (Å²) in [6, 6.07) is 12.6. The Morgan fingerprint density at radius 1 is 1.00 bits per heavy atom. The van der Waals surface area contributed by atoms with Crippen LogP contribution in [-0.2, 0) is 11.3 Å². The lowest BCUT2D eigenvalue weighted by Gasteiger charge is -2.36. The van der Waals surface area contributed by atoms with Crippen LogP contribution in [0, 0.1) is 5.82 Å². The quantitative estimate of drug-likeness (QED) is 0.684. The molecule has 9 heteroatoms. The van der Waals surface area contributed by atoms with Gasteiger partial charge in [-0.05, 0) is 29.8 Å². The van der Waals surface area contributed by atoms with Crippen molar-refractivity contribution in [1.29, 1.82) is 0 Å². The molecule has 2 aliphatic rings. The van der Waals surface area contributed by atoms with E-state index in [1.54, 1.807) is 6.07 Å². The first-order valence-corrected chi connectivity index (χ1v) is 9.55. The zero-order valence-corrected chi connectivity index (χ0v) is 18.2. The van der Waals surface area contributed by atoms with Crippen molar-refractivity contribution in [3.63, 3.8) is 0 Å². The summed E-state index contributed by atoms with van der Waals surface area (Å²) in [6.07, 6.45) is -0.561. The summed E-state index contributed by atoms with van der Waals surface area (Å²) in [5.74, 6) is 1.29. The highest BCUT2D eigenvalue weighted by Gasteiger charge is 2.21. The van der Waals surface area contributed by atoms with E-state index in [0.717, 1.165) is 43.2 Å². The number of piperazine rings is 1. The Labute approximate surface area is 188 Å². The molecule has 166 valence electrons. The van der Waals surface area contributed by atoms with Gasteiger partial charge in [-0.3, -0.25) is 4.90 Å². The Balaban J connectivity index is 0.00000160. The molecule has 2 aromatic rings. The second-order valence-electron chi connectivity index (χ2n) is 7.10. The van der Waals surface area contributed by atoms with Crippen LogP contribution in [0.25, 0.3) is 0 Å². The van der Waals surface area contributed by atoms with E-state index < -0.39 is 6.10 Å². The molecule has 1 fully saturated rings. The molecule has 0 aromatic heterocycles. The maximum Gasteiger partial charge on any atom is 0.231 e. The summed E-state index contributed by atoms with van der Waals surface area (Å²) in [7, 11) is 0. The molecule has 0 radical (unpaired) electrons. The number of halogens is 3. The predicted octanol–water partition coefficient (Wildman–Crippen LogP) is 3.10. The van der Waals surface area contributed by atoms with Gasteiger partial charge in [-0.1, -0.05) is 18.2 Å². The summed E-state index contributed by atoms with van der Waals surface area (Å²) in [6.45, 7) is 4.53. The molecule has 2 aliphatic heterocycles. The predicted molar refractivity (Wildman–Crippen MR) is 118 cm³/mol. The summed E-state index contributed by atoms with van der Waals surface area (Å²) in [4.78, 5) is 4.24. The monoisotopic (exact) mass is 460 g/mol. The fraction of sp³-hybridized carbons (Fsp3) is 0.429. The first-order chi connectivity index (χ1) is 13.7. The molecule has 4 rings (SSSR count). The molecule has 2 aromatic carbocycles. The zero-order valence-electron chi connectivity index (χ0n) is 16.5. The number of β-amino-alcohol motifs (C(OH)–C–C–N with tert-alkyl or cyclic N) is 1. The van der Waals surface area contributed by atoms with E-state index in [2.05, 4.69) is 4.90 Å². The molecule has 0 spiro atoms. The van der Waals surface area contributed by atoms with Crippen molar-refractivity contribution < 1.29 is 23.7 Å². The fourth-order valence-electron chi connectivity index (χ4n) is 3.57. The Kier molecular flexibility index (Phi) is 9.45. The molecule has 1 saturated heterocycles. The highest BCUT2D eigenvalue weighted by atomic mass is 35.5. The van der Waals surface area contributed by atoms with Gasteiger partial charge in [0.25, 0.3) is 0 Å². The number of benzene rings is 2. The standard InChI is InChI=1S/C21H25FN2O4.2ClH/c22-18-3-1-2-4-19(18)24-9-7-23(8-10-24)12-17(25)14-26-13-16-5-6-20-21(11-16)28-15-27-20;;/h1-6,11,17,25H,7-10,12-15H2;2*1H. The Morgan fingerprint density at radius 3 is 2.50 bits per heavy atom. The maximum absolute atomic E-state index is 13.9. The molecular formula is C21H27Cl2FN2O4. The van der Waals surface area contributed by atoms with Crippen LogP contribution in [0.2, 0.25) is 0 Å². The van der Waals surface area contributed by atoms with Gasteiger partial charge in [0, 0.05) is 32.7 Å². The lowest BCUT2D eigenvalue weighted by Crippen LogP contribution is -2.49. The van der Waals surface area contributed by atoms with Crippen molar-refractivity contribution in [3.05, 3.63) is 53.8 Å². The maximum atomic E-state index is 13.9. The van der Waals surface area contributed by atoms with Gasteiger partial charge in [0.2, 0.25) is 6.79 Å². The molecule has 0 amide bonds. The van der Waals surface area contributed by atoms with Crippen LogP contribution in [0.3, 0.4) is 0 Å². The lowest BCUT2D eigenvalue weighted by molar-refractivity contribution is 0.00909. The van der Waals surface area contributed by atoms with E-state index in [-0.39, 0.29) is 44.0 Å². The highest BCUT2D eigenvalue weighted by molar-refractivity contribution is 5.85. The first kappa shape index (κ1) is 24.5. The number of para-hydroxylation sites is 1. The van der Waals surface area contributed by atoms with Gasteiger partial charge in [-0.2, -0.15) is 0 Å². The molecule has 0 saturated carbocycles. The smallest absolute Gasteiger partial charge is 0.231 e. The van der Waals surface area contributed by atoms with Gasteiger partial charge in [-0.15, -0.1) is 24.8 Å². The largest absolute Gasteiger partial charge is 0.454 e. The minimum absolute atomic E-state index is 0. The SMILES string of the molecule is Cl.Cl.OC(COCc1ccc2c(c1)OCO2)CN1CCN(c2ccccc2F)CC1. The van der Waals surface area contributed by atoms with Crippen molar-refractivity contribution in [2.75, 3.05) is 51.0 Å². The second kappa shape index (κ2) is 11.6. The van der Waals surface area contributed by atoms with E-state index in [4.69, 9.17) is 14.2 Å². The Morgan fingerprint density at radius 2 is 1.73 bits per heavy atom. The zero-order chi connectivity index (χ0) is 19.3. The van der Waals surface area contributed by atoms with E-state index in [0.29, 0.717) is 18.8 Å². The molecule has 2 heterocycles. The van der Waals surface area contributed by atoms with Crippen LogP contribution >= 0.6 is 24.8 Å². The Bertz CT molecular complexity index is 806. The number of anilines is 1. The van der Waals surface area contributed by atoms with Crippen LogP contribution in [0.5, 0.6) is 11.5 Å². The molecule has 1 atom stereocenters. The van der Waals surface area contributed by atoms with Crippen LogP contribution in [0.1, 0.15) is 5.56 Å². The van der Waals surface area contributed by atoms with Gasteiger partial charge in [0.1, 0.15) is 5.82 Å². The Hall–Kier alpha value is -1.77. The lowest BCUT2D eigenvalue weighted by atomic mass is 10.2. The van der Waals surface area contributed by atoms with Crippen LogP contribution in [0.4, 0.5) is 10.1 Å². The van der Waals surface area contributed by atoms with E-state index in [1.165, 1.54) is 6.07 Å².